The number of nitrogens with two attached hydrogens (primary N) is 2. The van der Waals surface area contributed by atoms with Gasteiger partial charge in [-0.05, 0) is 30.0 Å². The minimum absolute atomic E-state index is 0.00191. The highest BCUT2D eigenvalue weighted by atomic mass is 16.4. The van der Waals surface area contributed by atoms with Gasteiger partial charge in [0.1, 0.15) is 23.9 Å². The predicted octanol–water partition coefficient (Wildman–Crippen LogP) is -1.31. The molecule has 39 heavy (non-hydrogen) atoms. The molecule has 2 aromatic rings. The van der Waals surface area contributed by atoms with Crippen molar-refractivity contribution in [1.29, 1.82) is 0 Å². The van der Waals surface area contributed by atoms with E-state index in [1.54, 1.807) is 12.1 Å². The zero-order chi connectivity index (χ0) is 29.1. The van der Waals surface area contributed by atoms with Crippen LogP contribution < -0.4 is 27.4 Å². The molecule has 2 rings (SSSR count). The summed E-state index contributed by atoms with van der Waals surface area (Å²) in [6.45, 7) is 3.62. The maximum absolute atomic E-state index is 13.4. The van der Waals surface area contributed by atoms with Crippen LogP contribution in [-0.2, 0) is 36.8 Å². The fourth-order valence-corrected chi connectivity index (χ4v) is 3.73. The number of nitrogens with zero attached hydrogens (tertiary/aromatic N) is 1. The van der Waals surface area contributed by atoms with Gasteiger partial charge in [-0.15, -0.1) is 0 Å². The average Bonchev–Trinajstić information content (AvgIpc) is 3.36. The Morgan fingerprint density at radius 2 is 1.49 bits per heavy atom. The first-order valence-corrected chi connectivity index (χ1v) is 12.3. The van der Waals surface area contributed by atoms with E-state index in [0.29, 0.717) is 11.3 Å². The molecule has 0 saturated heterocycles. The Hall–Kier alpha value is -4.46. The molecule has 4 amide bonds. The third-order valence-corrected chi connectivity index (χ3v) is 5.70. The van der Waals surface area contributed by atoms with Gasteiger partial charge in [0.05, 0.1) is 18.8 Å². The number of hydrogen-bond donors (Lipinski definition) is 8. The average molecular weight is 546 g/mol. The van der Waals surface area contributed by atoms with Gasteiger partial charge in [-0.3, -0.25) is 19.2 Å². The summed E-state index contributed by atoms with van der Waals surface area (Å²) in [5.41, 5.74) is 11.9. The first-order chi connectivity index (χ1) is 18.3. The molecule has 1 heterocycles. The number of carboxylic acids is 1. The molecule has 0 saturated carbocycles. The first-order valence-electron chi connectivity index (χ1n) is 12.3. The summed E-state index contributed by atoms with van der Waals surface area (Å²) in [7, 11) is 0. The topological polar surface area (TPSA) is 243 Å². The lowest BCUT2D eigenvalue weighted by Gasteiger charge is -2.25. The van der Waals surface area contributed by atoms with Crippen molar-refractivity contribution in [2.45, 2.75) is 63.7 Å². The number of aromatic nitrogens is 2. The van der Waals surface area contributed by atoms with Crippen LogP contribution in [0.25, 0.3) is 0 Å². The van der Waals surface area contributed by atoms with E-state index in [2.05, 4.69) is 25.9 Å². The van der Waals surface area contributed by atoms with Gasteiger partial charge in [0.25, 0.3) is 0 Å². The molecule has 4 unspecified atom stereocenters. The molecule has 1 aromatic carbocycles. The molecular formula is C25H35N7O7. The van der Waals surface area contributed by atoms with E-state index in [1.165, 1.54) is 24.7 Å². The van der Waals surface area contributed by atoms with Crippen molar-refractivity contribution in [3.63, 3.8) is 0 Å². The van der Waals surface area contributed by atoms with E-state index in [1.807, 2.05) is 13.8 Å². The van der Waals surface area contributed by atoms with Crippen molar-refractivity contribution in [2.75, 3.05) is 0 Å². The molecular weight excluding hydrogens is 510 g/mol. The highest BCUT2D eigenvalue weighted by Gasteiger charge is 2.31. The van der Waals surface area contributed by atoms with Crippen molar-refractivity contribution >= 4 is 29.6 Å². The Balaban J connectivity index is 2.29. The molecule has 10 N–H and O–H groups in total. The van der Waals surface area contributed by atoms with Gasteiger partial charge in [0.2, 0.25) is 23.6 Å². The summed E-state index contributed by atoms with van der Waals surface area (Å²) < 4.78 is 0. The second-order valence-electron chi connectivity index (χ2n) is 9.58. The minimum Gasteiger partial charge on any atom is -0.508 e. The Bertz CT molecular complexity index is 1140. The van der Waals surface area contributed by atoms with Gasteiger partial charge in [-0.25, -0.2) is 9.78 Å². The van der Waals surface area contributed by atoms with Gasteiger partial charge >= 0.3 is 5.97 Å². The van der Waals surface area contributed by atoms with Crippen molar-refractivity contribution in [1.82, 2.24) is 25.9 Å². The van der Waals surface area contributed by atoms with E-state index in [9.17, 15) is 34.2 Å². The van der Waals surface area contributed by atoms with E-state index in [4.69, 9.17) is 11.5 Å². The number of H-pyrrole nitrogens is 1. The number of nitrogens with one attached hydrogen (secondary N) is 4. The van der Waals surface area contributed by atoms with Crippen LogP contribution in [0.15, 0.2) is 36.8 Å². The maximum Gasteiger partial charge on any atom is 0.326 e. The summed E-state index contributed by atoms with van der Waals surface area (Å²) >= 11 is 0. The molecule has 14 nitrogen and oxygen atoms in total. The number of carboxylic acid groups (broad SMARTS) is 1. The number of primary amides is 1. The summed E-state index contributed by atoms with van der Waals surface area (Å²) in [6, 6.07) is 0.925. The Labute approximate surface area is 224 Å². The van der Waals surface area contributed by atoms with E-state index in [-0.39, 0.29) is 30.9 Å². The van der Waals surface area contributed by atoms with Gasteiger partial charge in [-0.2, -0.15) is 0 Å². The number of phenols is 1. The molecule has 0 spiro atoms. The third kappa shape index (κ3) is 10.4. The number of rotatable bonds is 15. The highest BCUT2D eigenvalue weighted by Crippen LogP contribution is 2.12. The van der Waals surface area contributed by atoms with E-state index >= 15 is 0 Å². The lowest BCUT2D eigenvalue weighted by Crippen LogP contribution is -2.58. The van der Waals surface area contributed by atoms with Crippen LogP contribution >= 0.6 is 0 Å². The van der Waals surface area contributed by atoms with Crippen LogP contribution in [0.4, 0.5) is 0 Å². The van der Waals surface area contributed by atoms with Crippen molar-refractivity contribution in [3.05, 3.63) is 48.0 Å². The lowest BCUT2D eigenvalue weighted by atomic mass is 10.0. The number of carbonyl (C=O) groups excluding carboxylic acids is 4. The molecule has 0 aliphatic rings. The van der Waals surface area contributed by atoms with Crippen molar-refractivity contribution in [2.24, 2.45) is 17.4 Å². The molecule has 0 aliphatic carbocycles. The molecule has 0 fully saturated rings. The number of benzene rings is 1. The largest absolute Gasteiger partial charge is 0.508 e. The quantitative estimate of drug-likeness (QED) is 0.132. The van der Waals surface area contributed by atoms with Crippen LogP contribution in [0, 0.1) is 5.92 Å². The fourth-order valence-electron chi connectivity index (χ4n) is 3.73. The molecule has 4 atom stereocenters. The predicted molar refractivity (Wildman–Crippen MR) is 139 cm³/mol. The SMILES string of the molecule is CC(C)CC(NC(=O)C(Cc1cnc[nH]1)NC(=O)C(Cc1ccc(O)cc1)NC(=O)C(N)CC(N)=O)C(=O)O. The standard InChI is InChI=1S/C25H35N7O7/c1-13(2)7-20(25(38)39)32-24(37)19(9-15-11-28-12-29-15)31-23(36)18(8-14-3-5-16(33)6-4-14)30-22(35)17(26)10-21(27)34/h3-6,11-13,17-20,33H,7-10,26H2,1-2H3,(H2,27,34)(H,28,29)(H,30,35)(H,31,36)(H,32,37)(H,38,39). The van der Waals surface area contributed by atoms with E-state index < -0.39 is 60.2 Å². The van der Waals surface area contributed by atoms with Gasteiger partial charge in [-0.1, -0.05) is 26.0 Å². The number of phenolic OH excluding ortho intramolecular Hbond substituents is 1. The number of imidazole rings is 1. The molecule has 212 valence electrons. The second-order valence-corrected chi connectivity index (χ2v) is 9.58. The number of hydrogen-bond acceptors (Lipinski definition) is 8. The number of aliphatic carboxylic acids is 1. The maximum atomic E-state index is 13.4. The zero-order valence-corrected chi connectivity index (χ0v) is 21.7. The fraction of sp³-hybridized carbons (Fsp3) is 0.440. The van der Waals surface area contributed by atoms with Gasteiger partial charge in [0, 0.05) is 24.7 Å². The molecule has 1 aromatic heterocycles. The lowest BCUT2D eigenvalue weighted by molar-refractivity contribution is -0.142. The normalized spacial score (nSPS) is 14.1. The van der Waals surface area contributed by atoms with Crippen LogP contribution in [-0.4, -0.2) is 73.9 Å². The number of amides is 4. The van der Waals surface area contributed by atoms with Gasteiger partial charge in [0.15, 0.2) is 0 Å². The number of aromatic amines is 1. The summed E-state index contributed by atoms with van der Waals surface area (Å²) in [4.78, 5) is 68.8. The Morgan fingerprint density at radius 3 is 2.00 bits per heavy atom. The Kier molecular flexibility index (Phi) is 11.4. The Morgan fingerprint density at radius 1 is 0.923 bits per heavy atom. The summed E-state index contributed by atoms with van der Waals surface area (Å²) in [5, 5.41) is 26.6. The van der Waals surface area contributed by atoms with Crippen LogP contribution in [0.3, 0.4) is 0 Å². The monoisotopic (exact) mass is 545 g/mol. The minimum atomic E-state index is -1.31. The molecule has 0 radical (unpaired) electrons. The van der Waals surface area contributed by atoms with Crippen molar-refractivity contribution in [3.8, 4) is 5.75 Å². The zero-order valence-electron chi connectivity index (χ0n) is 21.7. The number of aromatic hydroxyl groups is 1. The second kappa shape index (κ2) is 14.5. The van der Waals surface area contributed by atoms with Crippen LogP contribution in [0.5, 0.6) is 5.75 Å². The first kappa shape index (κ1) is 30.8. The third-order valence-electron chi connectivity index (χ3n) is 5.70. The molecule has 14 heteroatoms. The summed E-state index contributed by atoms with van der Waals surface area (Å²) in [5.74, 6) is -4.37. The van der Waals surface area contributed by atoms with Crippen LogP contribution in [0.2, 0.25) is 0 Å². The smallest absolute Gasteiger partial charge is 0.326 e. The van der Waals surface area contributed by atoms with Gasteiger partial charge < -0.3 is 42.6 Å². The van der Waals surface area contributed by atoms with Crippen molar-refractivity contribution < 1.29 is 34.2 Å². The van der Waals surface area contributed by atoms with E-state index in [0.717, 1.165) is 0 Å². The number of carbonyl (C=O) groups is 5. The highest BCUT2D eigenvalue weighted by molar-refractivity contribution is 5.95. The van der Waals surface area contributed by atoms with Crippen LogP contribution in [0.1, 0.15) is 37.9 Å². The molecule has 0 aliphatic heterocycles. The summed E-state index contributed by atoms with van der Waals surface area (Å²) in [6.07, 6.45) is 2.46. The molecule has 0 bridgehead atoms.